The minimum absolute atomic E-state index is 0.104. The van der Waals surface area contributed by atoms with Crippen LogP contribution in [0.5, 0.6) is 0 Å². The lowest BCUT2D eigenvalue weighted by atomic mass is 9.89. The second-order valence-electron chi connectivity index (χ2n) is 4.05. The molecular weight excluding hydrogens is 164 g/mol. The van der Waals surface area contributed by atoms with Crippen molar-refractivity contribution < 1.29 is 4.79 Å². The first-order valence-electron chi connectivity index (χ1n) is 4.99. The first-order valence-corrected chi connectivity index (χ1v) is 4.99. The number of nitrogens with two attached hydrogens (primary N) is 1. The van der Waals surface area contributed by atoms with Crippen LogP contribution in [0, 0.1) is 5.41 Å². The summed E-state index contributed by atoms with van der Waals surface area (Å²) in [5, 5.41) is 2.94. The number of rotatable bonds is 5. The molecule has 0 rings (SSSR count). The predicted molar refractivity (Wildman–Crippen MR) is 55.3 cm³/mol. The van der Waals surface area contributed by atoms with Crippen molar-refractivity contribution in [2.75, 3.05) is 6.54 Å². The van der Waals surface area contributed by atoms with Crippen LogP contribution in [0.25, 0.3) is 0 Å². The molecule has 1 unspecified atom stereocenters. The molecule has 3 N–H and O–H groups in total. The standard InChI is InChI=1S/C10H22N2O/c1-5-8(7-11)12-9(13)10(3,4)6-2/h8H,5-7,11H2,1-4H3,(H,12,13). The molecule has 3 nitrogen and oxygen atoms in total. The monoisotopic (exact) mass is 186 g/mol. The Morgan fingerprint density at radius 1 is 1.46 bits per heavy atom. The van der Waals surface area contributed by atoms with E-state index in [2.05, 4.69) is 5.32 Å². The maximum absolute atomic E-state index is 11.7. The number of carbonyl (C=O) groups excluding carboxylic acids is 1. The quantitative estimate of drug-likeness (QED) is 0.679. The molecule has 0 spiro atoms. The summed E-state index contributed by atoms with van der Waals surface area (Å²) in [6.07, 6.45) is 1.74. The van der Waals surface area contributed by atoms with Gasteiger partial charge in [0.05, 0.1) is 0 Å². The van der Waals surface area contributed by atoms with Crippen LogP contribution in [-0.2, 0) is 4.79 Å². The normalized spacial score (nSPS) is 13.9. The van der Waals surface area contributed by atoms with Crippen LogP contribution in [0.4, 0.5) is 0 Å². The zero-order chi connectivity index (χ0) is 10.5. The van der Waals surface area contributed by atoms with Gasteiger partial charge in [0.15, 0.2) is 0 Å². The molecule has 0 bridgehead atoms. The number of hydrogen-bond acceptors (Lipinski definition) is 2. The van der Waals surface area contributed by atoms with Crippen LogP contribution >= 0.6 is 0 Å². The molecule has 0 saturated carbocycles. The summed E-state index contributed by atoms with van der Waals surface area (Å²) in [4.78, 5) is 11.7. The number of nitrogens with one attached hydrogen (secondary N) is 1. The van der Waals surface area contributed by atoms with Gasteiger partial charge in [0.2, 0.25) is 5.91 Å². The lowest BCUT2D eigenvalue weighted by Crippen LogP contribution is -2.45. The first-order chi connectivity index (χ1) is 5.97. The lowest BCUT2D eigenvalue weighted by Gasteiger charge is -2.25. The largest absolute Gasteiger partial charge is 0.352 e. The molecule has 0 saturated heterocycles. The van der Waals surface area contributed by atoms with Gasteiger partial charge in [0.1, 0.15) is 0 Å². The summed E-state index contributed by atoms with van der Waals surface area (Å²) in [5.74, 6) is 0.104. The van der Waals surface area contributed by atoms with Gasteiger partial charge in [0.25, 0.3) is 0 Å². The highest BCUT2D eigenvalue weighted by Gasteiger charge is 2.26. The van der Waals surface area contributed by atoms with E-state index in [9.17, 15) is 4.79 Å². The third kappa shape index (κ3) is 3.77. The van der Waals surface area contributed by atoms with E-state index in [1.165, 1.54) is 0 Å². The van der Waals surface area contributed by atoms with Crippen molar-refractivity contribution in [1.82, 2.24) is 5.32 Å². The molecule has 0 fully saturated rings. The topological polar surface area (TPSA) is 55.1 Å². The van der Waals surface area contributed by atoms with Gasteiger partial charge in [0, 0.05) is 18.0 Å². The number of amides is 1. The maximum atomic E-state index is 11.7. The van der Waals surface area contributed by atoms with Crippen LogP contribution in [0.15, 0.2) is 0 Å². The third-order valence-corrected chi connectivity index (χ3v) is 2.61. The van der Waals surface area contributed by atoms with Crippen LogP contribution in [0.1, 0.15) is 40.5 Å². The summed E-state index contributed by atoms with van der Waals surface area (Å²) in [7, 11) is 0. The van der Waals surface area contributed by atoms with E-state index < -0.39 is 0 Å². The Hall–Kier alpha value is -0.570. The summed E-state index contributed by atoms with van der Waals surface area (Å²) >= 11 is 0. The molecular formula is C10H22N2O. The van der Waals surface area contributed by atoms with Gasteiger partial charge in [-0.15, -0.1) is 0 Å². The fraction of sp³-hybridized carbons (Fsp3) is 0.900. The highest BCUT2D eigenvalue weighted by atomic mass is 16.2. The first kappa shape index (κ1) is 12.4. The molecule has 0 heterocycles. The van der Waals surface area contributed by atoms with Crippen molar-refractivity contribution in [1.29, 1.82) is 0 Å². The van der Waals surface area contributed by atoms with E-state index in [-0.39, 0.29) is 17.4 Å². The number of carbonyl (C=O) groups is 1. The van der Waals surface area contributed by atoms with Gasteiger partial charge in [-0.05, 0) is 12.8 Å². The van der Waals surface area contributed by atoms with Crippen molar-refractivity contribution >= 4 is 5.91 Å². The minimum Gasteiger partial charge on any atom is -0.352 e. The van der Waals surface area contributed by atoms with Crippen LogP contribution in [0.3, 0.4) is 0 Å². The SMILES string of the molecule is CCC(CN)NC(=O)C(C)(C)CC. The highest BCUT2D eigenvalue weighted by molar-refractivity contribution is 5.81. The van der Waals surface area contributed by atoms with Gasteiger partial charge in [-0.25, -0.2) is 0 Å². The summed E-state index contributed by atoms with van der Waals surface area (Å²) in [6, 6.07) is 0.123. The Balaban J connectivity index is 4.13. The van der Waals surface area contributed by atoms with E-state index in [0.29, 0.717) is 6.54 Å². The zero-order valence-corrected chi connectivity index (χ0v) is 9.18. The molecule has 0 aromatic carbocycles. The highest BCUT2D eigenvalue weighted by Crippen LogP contribution is 2.19. The third-order valence-electron chi connectivity index (χ3n) is 2.61. The summed E-state index contributed by atoms with van der Waals surface area (Å²) in [6.45, 7) is 8.46. The van der Waals surface area contributed by atoms with Crippen LogP contribution < -0.4 is 11.1 Å². The van der Waals surface area contributed by atoms with E-state index in [1.54, 1.807) is 0 Å². The predicted octanol–water partition coefficient (Wildman–Crippen LogP) is 1.28. The molecule has 13 heavy (non-hydrogen) atoms. The van der Waals surface area contributed by atoms with Gasteiger partial charge >= 0.3 is 0 Å². The van der Waals surface area contributed by atoms with E-state index in [0.717, 1.165) is 12.8 Å². The summed E-state index contributed by atoms with van der Waals surface area (Å²) < 4.78 is 0. The second kappa shape index (κ2) is 5.22. The molecule has 78 valence electrons. The molecule has 1 atom stereocenters. The lowest BCUT2D eigenvalue weighted by molar-refractivity contribution is -0.130. The molecule has 0 aromatic rings. The van der Waals surface area contributed by atoms with Gasteiger partial charge in [-0.2, -0.15) is 0 Å². The number of hydrogen-bond donors (Lipinski definition) is 2. The van der Waals surface area contributed by atoms with Crippen molar-refractivity contribution in [3.05, 3.63) is 0 Å². The van der Waals surface area contributed by atoms with E-state index in [4.69, 9.17) is 5.73 Å². The van der Waals surface area contributed by atoms with Gasteiger partial charge in [-0.1, -0.05) is 27.7 Å². The molecule has 3 heteroatoms. The Labute approximate surface area is 81.1 Å². The zero-order valence-electron chi connectivity index (χ0n) is 9.18. The average Bonchev–Trinajstić information content (AvgIpc) is 2.13. The Bertz CT molecular complexity index is 162. The Morgan fingerprint density at radius 2 is 2.00 bits per heavy atom. The fourth-order valence-electron chi connectivity index (χ4n) is 0.869. The Kier molecular flexibility index (Phi) is 4.99. The maximum Gasteiger partial charge on any atom is 0.225 e. The second-order valence-corrected chi connectivity index (χ2v) is 4.05. The summed E-state index contributed by atoms with van der Waals surface area (Å²) in [5.41, 5.74) is 5.23. The van der Waals surface area contributed by atoms with Crippen LogP contribution in [0.2, 0.25) is 0 Å². The molecule has 1 amide bonds. The molecule has 0 aliphatic heterocycles. The van der Waals surface area contributed by atoms with E-state index in [1.807, 2.05) is 27.7 Å². The minimum atomic E-state index is -0.275. The average molecular weight is 186 g/mol. The van der Waals surface area contributed by atoms with Crippen molar-refractivity contribution in [2.24, 2.45) is 11.1 Å². The molecule has 0 aliphatic rings. The smallest absolute Gasteiger partial charge is 0.225 e. The molecule has 0 aromatic heterocycles. The van der Waals surface area contributed by atoms with Crippen LogP contribution in [-0.4, -0.2) is 18.5 Å². The van der Waals surface area contributed by atoms with Gasteiger partial charge in [-0.3, -0.25) is 4.79 Å². The molecule has 0 aliphatic carbocycles. The van der Waals surface area contributed by atoms with Crippen molar-refractivity contribution in [2.45, 2.75) is 46.6 Å². The van der Waals surface area contributed by atoms with Crippen molar-refractivity contribution in [3.8, 4) is 0 Å². The van der Waals surface area contributed by atoms with Crippen molar-refractivity contribution in [3.63, 3.8) is 0 Å². The van der Waals surface area contributed by atoms with Gasteiger partial charge < -0.3 is 11.1 Å². The molecule has 0 radical (unpaired) electrons. The van der Waals surface area contributed by atoms with E-state index >= 15 is 0 Å². The Morgan fingerprint density at radius 3 is 2.31 bits per heavy atom. The fourth-order valence-corrected chi connectivity index (χ4v) is 0.869.